The maximum atomic E-state index is 11.2. The monoisotopic (exact) mass is 184 g/mol. The normalized spacial score (nSPS) is 30.6. The third kappa shape index (κ3) is 1.72. The van der Waals surface area contributed by atoms with E-state index in [1.807, 2.05) is 0 Å². The van der Waals surface area contributed by atoms with Crippen LogP contribution in [0.1, 0.15) is 19.3 Å². The summed E-state index contributed by atoms with van der Waals surface area (Å²) in [6.07, 6.45) is 2.00. The predicted molar refractivity (Wildman–Crippen MR) is 42.7 cm³/mol. The van der Waals surface area contributed by atoms with Gasteiger partial charge in [0.15, 0.2) is 0 Å². The van der Waals surface area contributed by atoms with Gasteiger partial charge in [-0.15, -0.1) is 0 Å². The Labute approximate surface area is 76.2 Å². The SMILES string of the molecule is O=C1C[C@H](C2CCOCC2)C(=O)O1. The van der Waals surface area contributed by atoms with E-state index in [0.29, 0.717) is 13.2 Å². The maximum absolute atomic E-state index is 11.2. The molecule has 0 N–H and O–H groups in total. The Morgan fingerprint density at radius 1 is 1.15 bits per heavy atom. The van der Waals surface area contributed by atoms with E-state index in [9.17, 15) is 9.59 Å². The van der Waals surface area contributed by atoms with Crippen molar-refractivity contribution in [2.75, 3.05) is 13.2 Å². The van der Waals surface area contributed by atoms with Crippen molar-refractivity contribution in [3.8, 4) is 0 Å². The second-order valence-electron chi connectivity index (χ2n) is 3.55. The minimum Gasteiger partial charge on any atom is -0.393 e. The molecule has 0 unspecified atom stereocenters. The van der Waals surface area contributed by atoms with Crippen molar-refractivity contribution in [3.05, 3.63) is 0 Å². The van der Waals surface area contributed by atoms with E-state index in [-0.39, 0.29) is 30.2 Å². The van der Waals surface area contributed by atoms with E-state index >= 15 is 0 Å². The van der Waals surface area contributed by atoms with Crippen molar-refractivity contribution in [2.24, 2.45) is 11.8 Å². The molecule has 2 saturated heterocycles. The lowest BCUT2D eigenvalue weighted by molar-refractivity contribution is -0.153. The standard InChI is InChI=1S/C9H12O4/c10-8-5-7(9(11)13-8)6-1-3-12-4-2-6/h6-7H,1-5H2/t7-/m1/s1. The van der Waals surface area contributed by atoms with Crippen molar-refractivity contribution in [1.82, 2.24) is 0 Å². The first kappa shape index (κ1) is 8.69. The Kier molecular flexibility index (Phi) is 2.31. The molecule has 13 heavy (non-hydrogen) atoms. The second kappa shape index (κ2) is 3.46. The number of carbonyl (C=O) groups is 2. The number of esters is 2. The van der Waals surface area contributed by atoms with Crippen molar-refractivity contribution in [1.29, 1.82) is 0 Å². The van der Waals surface area contributed by atoms with E-state index in [2.05, 4.69) is 4.74 Å². The summed E-state index contributed by atoms with van der Waals surface area (Å²) in [7, 11) is 0. The van der Waals surface area contributed by atoms with Gasteiger partial charge in [0, 0.05) is 13.2 Å². The summed E-state index contributed by atoms with van der Waals surface area (Å²) in [5.74, 6) is -0.623. The molecule has 2 aliphatic rings. The Morgan fingerprint density at radius 3 is 2.38 bits per heavy atom. The van der Waals surface area contributed by atoms with Crippen LogP contribution in [0.3, 0.4) is 0 Å². The molecule has 4 nitrogen and oxygen atoms in total. The highest BCUT2D eigenvalue weighted by Crippen LogP contribution is 2.31. The molecule has 2 heterocycles. The van der Waals surface area contributed by atoms with Crippen molar-refractivity contribution < 1.29 is 19.1 Å². The molecule has 2 rings (SSSR count). The molecule has 0 bridgehead atoms. The fraction of sp³-hybridized carbons (Fsp3) is 0.778. The molecule has 0 spiro atoms. The lowest BCUT2D eigenvalue weighted by atomic mass is 9.85. The maximum Gasteiger partial charge on any atom is 0.317 e. The average Bonchev–Trinajstić information content (AvgIpc) is 2.47. The number of hydrogen-bond acceptors (Lipinski definition) is 4. The van der Waals surface area contributed by atoms with Gasteiger partial charge in [-0.25, -0.2) is 0 Å². The van der Waals surface area contributed by atoms with Crippen LogP contribution in [0.2, 0.25) is 0 Å². The van der Waals surface area contributed by atoms with Gasteiger partial charge in [-0.1, -0.05) is 0 Å². The van der Waals surface area contributed by atoms with E-state index in [1.165, 1.54) is 0 Å². The smallest absolute Gasteiger partial charge is 0.317 e. The second-order valence-corrected chi connectivity index (χ2v) is 3.55. The van der Waals surface area contributed by atoms with Gasteiger partial charge < -0.3 is 9.47 Å². The van der Waals surface area contributed by atoms with E-state index in [1.54, 1.807) is 0 Å². The molecular formula is C9H12O4. The molecule has 1 atom stereocenters. The third-order valence-corrected chi connectivity index (χ3v) is 2.74. The summed E-state index contributed by atoms with van der Waals surface area (Å²) in [5, 5.41) is 0. The van der Waals surface area contributed by atoms with Crippen LogP contribution >= 0.6 is 0 Å². The molecule has 2 fully saturated rings. The van der Waals surface area contributed by atoms with Crippen LogP contribution in [0, 0.1) is 11.8 Å². The molecule has 0 saturated carbocycles. The zero-order valence-electron chi connectivity index (χ0n) is 7.32. The van der Waals surface area contributed by atoms with Gasteiger partial charge in [0.25, 0.3) is 0 Å². The highest BCUT2D eigenvalue weighted by atomic mass is 16.6. The Bertz CT molecular complexity index is 230. The van der Waals surface area contributed by atoms with Crippen LogP contribution in [0.5, 0.6) is 0 Å². The van der Waals surface area contributed by atoms with Gasteiger partial charge in [0.1, 0.15) is 0 Å². The van der Waals surface area contributed by atoms with Crippen LogP contribution in [-0.2, 0) is 19.1 Å². The average molecular weight is 184 g/mol. The van der Waals surface area contributed by atoms with E-state index < -0.39 is 0 Å². The van der Waals surface area contributed by atoms with Gasteiger partial charge in [0.2, 0.25) is 0 Å². The quantitative estimate of drug-likeness (QED) is 0.440. The lowest BCUT2D eigenvalue weighted by Gasteiger charge is -2.24. The number of rotatable bonds is 1. The molecule has 2 aliphatic heterocycles. The van der Waals surface area contributed by atoms with Gasteiger partial charge >= 0.3 is 11.9 Å². The van der Waals surface area contributed by atoms with Crippen LogP contribution in [-0.4, -0.2) is 25.2 Å². The molecular weight excluding hydrogens is 172 g/mol. The number of hydrogen-bond donors (Lipinski definition) is 0. The number of ether oxygens (including phenoxy) is 2. The predicted octanol–water partition coefficient (Wildman–Crippen LogP) is 0.503. The van der Waals surface area contributed by atoms with Crippen LogP contribution in [0.15, 0.2) is 0 Å². The van der Waals surface area contributed by atoms with Crippen molar-refractivity contribution in [3.63, 3.8) is 0 Å². The van der Waals surface area contributed by atoms with Crippen molar-refractivity contribution in [2.45, 2.75) is 19.3 Å². The first-order valence-electron chi connectivity index (χ1n) is 4.59. The molecule has 0 amide bonds. The van der Waals surface area contributed by atoms with Crippen LogP contribution in [0.25, 0.3) is 0 Å². The first-order chi connectivity index (χ1) is 6.27. The third-order valence-electron chi connectivity index (χ3n) is 2.74. The fourth-order valence-corrected chi connectivity index (χ4v) is 1.97. The first-order valence-corrected chi connectivity index (χ1v) is 4.59. The van der Waals surface area contributed by atoms with E-state index in [0.717, 1.165) is 12.8 Å². The number of carbonyl (C=O) groups excluding carboxylic acids is 2. The number of cyclic esters (lactones) is 2. The fourth-order valence-electron chi connectivity index (χ4n) is 1.97. The van der Waals surface area contributed by atoms with E-state index in [4.69, 9.17) is 4.74 Å². The molecule has 4 heteroatoms. The molecule has 72 valence electrons. The molecule has 0 aromatic carbocycles. The molecule has 0 aliphatic carbocycles. The minimum atomic E-state index is -0.374. The largest absolute Gasteiger partial charge is 0.393 e. The zero-order chi connectivity index (χ0) is 9.26. The van der Waals surface area contributed by atoms with Gasteiger partial charge in [-0.2, -0.15) is 0 Å². The van der Waals surface area contributed by atoms with Gasteiger partial charge in [-0.3, -0.25) is 9.59 Å². The molecule has 0 aromatic heterocycles. The zero-order valence-corrected chi connectivity index (χ0v) is 7.32. The summed E-state index contributed by atoms with van der Waals surface area (Å²) in [4.78, 5) is 22.0. The highest BCUT2D eigenvalue weighted by molar-refractivity contribution is 5.94. The Balaban J connectivity index is 1.99. The summed E-state index contributed by atoms with van der Waals surface area (Å²) in [6.45, 7) is 1.39. The van der Waals surface area contributed by atoms with Crippen LogP contribution < -0.4 is 0 Å². The van der Waals surface area contributed by atoms with Crippen LogP contribution in [0.4, 0.5) is 0 Å². The van der Waals surface area contributed by atoms with Gasteiger partial charge in [-0.05, 0) is 18.8 Å². The topological polar surface area (TPSA) is 52.6 Å². The Morgan fingerprint density at radius 2 is 1.85 bits per heavy atom. The highest BCUT2D eigenvalue weighted by Gasteiger charge is 2.39. The minimum absolute atomic E-state index is 0.198. The molecule has 0 radical (unpaired) electrons. The molecule has 0 aromatic rings. The van der Waals surface area contributed by atoms with Gasteiger partial charge in [0.05, 0.1) is 12.3 Å². The van der Waals surface area contributed by atoms with Crippen molar-refractivity contribution >= 4 is 11.9 Å². The summed E-state index contributed by atoms with van der Waals surface area (Å²) >= 11 is 0. The lowest BCUT2D eigenvalue weighted by Crippen LogP contribution is -2.26. The Hall–Kier alpha value is -0.900. The summed E-state index contributed by atoms with van der Waals surface area (Å²) in [6, 6.07) is 0. The summed E-state index contributed by atoms with van der Waals surface area (Å²) in [5.41, 5.74) is 0. The summed E-state index contributed by atoms with van der Waals surface area (Å²) < 4.78 is 9.69.